The summed E-state index contributed by atoms with van der Waals surface area (Å²) in [7, 11) is 0. The molecule has 0 amide bonds. The molecule has 0 spiro atoms. The van der Waals surface area contributed by atoms with Gasteiger partial charge in [0.05, 0.1) is 25.9 Å². The lowest BCUT2D eigenvalue weighted by Crippen LogP contribution is -2.46. The molecule has 0 radical (unpaired) electrons. The van der Waals surface area contributed by atoms with Crippen LogP contribution in [-0.4, -0.2) is 54.7 Å². The number of morpholine rings is 1. The highest BCUT2D eigenvalue weighted by atomic mass is 16.5. The van der Waals surface area contributed by atoms with Crippen LogP contribution >= 0.6 is 0 Å². The molecule has 1 saturated heterocycles. The maximum atomic E-state index is 12.4. The summed E-state index contributed by atoms with van der Waals surface area (Å²) in [4.78, 5) is 14.5. The third kappa shape index (κ3) is 3.45. The van der Waals surface area contributed by atoms with Gasteiger partial charge in [-0.3, -0.25) is 9.69 Å². The molecule has 0 aliphatic carbocycles. The number of nitrogens with zero attached hydrogens (tertiary/aromatic N) is 1. The number of ketones is 1. The molecule has 1 fully saturated rings. The number of aliphatic hydroxyl groups is 1. The molecule has 1 unspecified atom stereocenters. The fraction of sp³-hybridized carbons (Fsp3) is 0.562. The Morgan fingerprint density at radius 1 is 1.30 bits per heavy atom. The average molecular weight is 277 g/mol. The summed E-state index contributed by atoms with van der Waals surface area (Å²) < 4.78 is 5.40. The normalized spacial score (nSPS) is 20.1. The Balaban J connectivity index is 2.06. The molecule has 1 atom stereocenters. The third-order valence-electron chi connectivity index (χ3n) is 3.93. The number of benzene rings is 1. The first-order chi connectivity index (χ1) is 9.51. The molecule has 4 heteroatoms. The van der Waals surface area contributed by atoms with Crippen molar-refractivity contribution < 1.29 is 14.6 Å². The predicted octanol–water partition coefficient (Wildman–Crippen LogP) is 1.49. The Kier molecular flexibility index (Phi) is 4.91. The maximum absolute atomic E-state index is 12.4. The van der Waals surface area contributed by atoms with E-state index in [-0.39, 0.29) is 18.5 Å². The van der Waals surface area contributed by atoms with E-state index < -0.39 is 0 Å². The van der Waals surface area contributed by atoms with Crippen molar-refractivity contribution in [2.45, 2.75) is 26.9 Å². The lowest BCUT2D eigenvalue weighted by Gasteiger charge is -2.31. The Morgan fingerprint density at radius 2 is 2.00 bits per heavy atom. The van der Waals surface area contributed by atoms with E-state index in [1.54, 1.807) is 0 Å². The topological polar surface area (TPSA) is 49.8 Å². The lowest BCUT2D eigenvalue weighted by atomic mass is 9.98. The van der Waals surface area contributed by atoms with Crippen LogP contribution in [0.3, 0.4) is 0 Å². The minimum atomic E-state index is -0.169. The van der Waals surface area contributed by atoms with Gasteiger partial charge in [0, 0.05) is 18.7 Å². The molecule has 0 bridgehead atoms. The molecule has 20 heavy (non-hydrogen) atoms. The number of ether oxygens (including phenoxy) is 1. The molecule has 1 aliphatic rings. The van der Waals surface area contributed by atoms with Gasteiger partial charge in [-0.1, -0.05) is 6.07 Å². The van der Waals surface area contributed by atoms with E-state index in [2.05, 4.69) is 17.9 Å². The zero-order valence-electron chi connectivity index (χ0n) is 12.5. The van der Waals surface area contributed by atoms with Crippen molar-refractivity contribution in [2.24, 2.45) is 0 Å². The van der Waals surface area contributed by atoms with Gasteiger partial charge in [0.15, 0.2) is 5.78 Å². The molecule has 1 N–H and O–H groups in total. The smallest absolute Gasteiger partial charge is 0.177 e. The van der Waals surface area contributed by atoms with Crippen molar-refractivity contribution in [1.82, 2.24) is 4.90 Å². The Hall–Kier alpha value is -1.23. The highest BCUT2D eigenvalue weighted by Crippen LogP contribution is 2.17. The molecular formula is C16H23NO3. The van der Waals surface area contributed by atoms with E-state index in [0.717, 1.165) is 23.2 Å². The van der Waals surface area contributed by atoms with Crippen molar-refractivity contribution in [3.05, 3.63) is 34.4 Å². The van der Waals surface area contributed by atoms with Crippen LogP contribution in [-0.2, 0) is 4.74 Å². The van der Waals surface area contributed by atoms with Crippen molar-refractivity contribution in [3.63, 3.8) is 0 Å². The van der Waals surface area contributed by atoms with Crippen LogP contribution in [0.5, 0.6) is 0 Å². The van der Waals surface area contributed by atoms with Gasteiger partial charge in [0.1, 0.15) is 0 Å². The first kappa shape index (κ1) is 15.2. The number of hydrogen-bond donors (Lipinski definition) is 1. The maximum Gasteiger partial charge on any atom is 0.177 e. The summed E-state index contributed by atoms with van der Waals surface area (Å²) in [6.45, 7) is 8.40. The summed E-state index contributed by atoms with van der Waals surface area (Å²) >= 11 is 0. The van der Waals surface area contributed by atoms with Crippen LogP contribution < -0.4 is 0 Å². The monoisotopic (exact) mass is 277 g/mol. The van der Waals surface area contributed by atoms with Crippen LogP contribution in [0.1, 0.15) is 27.0 Å². The number of hydrogen-bond acceptors (Lipinski definition) is 4. The third-order valence-corrected chi connectivity index (χ3v) is 3.93. The number of carbonyl (C=O) groups is 1. The molecule has 0 aromatic heterocycles. The molecule has 4 nitrogen and oxygen atoms in total. The van der Waals surface area contributed by atoms with Gasteiger partial charge in [-0.15, -0.1) is 0 Å². The molecule has 1 heterocycles. The fourth-order valence-corrected chi connectivity index (χ4v) is 2.58. The second-order valence-corrected chi connectivity index (χ2v) is 5.59. The molecule has 110 valence electrons. The first-order valence-electron chi connectivity index (χ1n) is 7.07. The van der Waals surface area contributed by atoms with Gasteiger partial charge in [0.25, 0.3) is 0 Å². The second-order valence-electron chi connectivity index (χ2n) is 5.59. The van der Waals surface area contributed by atoms with Gasteiger partial charge >= 0.3 is 0 Å². The number of Topliss-reactive ketones (excluding diaryl/α,β-unsaturated/α-hetero) is 1. The van der Waals surface area contributed by atoms with Crippen molar-refractivity contribution in [1.29, 1.82) is 0 Å². The molecule has 1 aromatic carbocycles. The van der Waals surface area contributed by atoms with Gasteiger partial charge in [0.2, 0.25) is 0 Å². The summed E-state index contributed by atoms with van der Waals surface area (Å²) in [5.74, 6) is 0.143. The summed E-state index contributed by atoms with van der Waals surface area (Å²) in [5, 5.41) is 9.13. The number of carbonyl (C=O) groups excluding carboxylic acids is 1. The van der Waals surface area contributed by atoms with Crippen LogP contribution in [0.4, 0.5) is 0 Å². The Labute approximate surface area is 120 Å². The van der Waals surface area contributed by atoms with Crippen molar-refractivity contribution in [3.8, 4) is 0 Å². The van der Waals surface area contributed by atoms with Crippen LogP contribution in [0.2, 0.25) is 0 Å². The van der Waals surface area contributed by atoms with E-state index in [1.807, 2.05) is 19.9 Å². The van der Waals surface area contributed by atoms with Crippen LogP contribution in [0, 0.1) is 20.8 Å². The van der Waals surface area contributed by atoms with Crippen LogP contribution in [0.15, 0.2) is 12.1 Å². The molecule has 1 aromatic rings. The summed E-state index contributed by atoms with van der Waals surface area (Å²) in [6, 6.07) is 4.05. The quantitative estimate of drug-likeness (QED) is 0.847. The van der Waals surface area contributed by atoms with E-state index in [0.29, 0.717) is 19.7 Å². The fourth-order valence-electron chi connectivity index (χ4n) is 2.58. The lowest BCUT2D eigenvalue weighted by molar-refractivity contribution is -0.0503. The minimum Gasteiger partial charge on any atom is -0.394 e. The summed E-state index contributed by atoms with van der Waals surface area (Å²) in [6.07, 6.45) is -0.169. The largest absolute Gasteiger partial charge is 0.394 e. The number of aliphatic hydroxyl groups excluding tert-OH is 1. The number of aryl methyl sites for hydroxylation is 3. The highest BCUT2D eigenvalue weighted by Gasteiger charge is 2.22. The molecule has 2 rings (SSSR count). The zero-order chi connectivity index (χ0) is 14.7. The first-order valence-corrected chi connectivity index (χ1v) is 7.07. The molecular weight excluding hydrogens is 254 g/mol. The molecule has 1 aliphatic heterocycles. The van der Waals surface area contributed by atoms with Crippen LogP contribution in [0.25, 0.3) is 0 Å². The highest BCUT2D eigenvalue weighted by molar-refractivity contribution is 5.99. The average Bonchev–Trinajstić information content (AvgIpc) is 2.43. The van der Waals surface area contributed by atoms with Gasteiger partial charge < -0.3 is 9.84 Å². The second kappa shape index (κ2) is 6.48. The van der Waals surface area contributed by atoms with E-state index >= 15 is 0 Å². The standard InChI is InChI=1S/C16H23NO3/c1-11-6-13(3)15(7-12(11)2)16(19)9-17-4-5-20-14(8-17)10-18/h6-7,14,18H,4-5,8-10H2,1-3H3. The zero-order valence-corrected chi connectivity index (χ0v) is 12.5. The van der Waals surface area contributed by atoms with E-state index in [1.165, 1.54) is 5.56 Å². The van der Waals surface area contributed by atoms with Crippen molar-refractivity contribution >= 4 is 5.78 Å². The SMILES string of the molecule is Cc1cc(C)c(C(=O)CN2CCOC(CO)C2)cc1C. The number of rotatable bonds is 4. The Bertz CT molecular complexity index is 499. The van der Waals surface area contributed by atoms with Gasteiger partial charge in [-0.05, 0) is 43.5 Å². The van der Waals surface area contributed by atoms with E-state index in [9.17, 15) is 4.79 Å². The van der Waals surface area contributed by atoms with Gasteiger partial charge in [-0.2, -0.15) is 0 Å². The van der Waals surface area contributed by atoms with Crippen molar-refractivity contribution in [2.75, 3.05) is 32.8 Å². The van der Waals surface area contributed by atoms with E-state index in [4.69, 9.17) is 9.84 Å². The minimum absolute atomic E-state index is 0.00730. The molecule has 0 saturated carbocycles. The Morgan fingerprint density at radius 3 is 2.70 bits per heavy atom. The predicted molar refractivity (Wildman–Crippen MR) is 78.2 cm³/mol. The van der Waals surface area contributed by atoms with Gasteiger partial charge in [-0.25, -0.2) is 0 Å². The summed E-state index contributed by atoms with van der Waals surface area (Å²) in [5.41, 5.74) is 4.20.